The summed E-state index contributed by atoms with van der Waals surface area (Å²) in [5.41, 5.74) is 0. The molecule has 0 aromatic heterocycles. The average Bonchev–Trinajstić information content (AvgIpc) is 3.51. The highest BCUT2D eigenvalue weighted by Gasteiger charge is 2.57. The van der Waals surface area contributed by atoms with Crippen LogP contribution in [0.3, 0.4) is 0 Å². The maximum atomic E-state index is 1.70. The topological polar surface area (TPSA) is 0 Å². The Morgan fingerprint density at radius 3 is 1.38 bits per heavy atom. The first kappa shape index (κ1) is 31.7. The van der Waals surface area contributed by atoms with E-state index in [9.17, 15) is 0 Å². The fourth-order valence-electron chi connectivity index (χ4n) is 18.5. The van der Waals surface area contributed by atoms with Crippen LogP contribution in [0.25, 0.3) is 0 Å². The molecule has 0 heteroatoms. The van der Waals surface area contributed by atoms with Crippen molar-refractivity contribution >= 4 is 0 Å². The van der Waals surface area contributed by atoms with Gasteiger partial charge in [0, 0.05) is 0 Å². The van der Waals surface area contributed by atoms with Crippen molar-refractivity contribution in [2.75, 3.05) is 0 Å². The number of hydrogen-bond acceptors (Lipinski definition) is 0. The molecule has 2 bridgehead atoms. The third kappa shape index (κ3) is 5.70. The van der Waals surface area contributed by atoms with Crippen molar-refractivity contribution in [1.29, 1.82) is 0 Å². The quantitative estimate of drug-likeness (QED) is 0.287. The largest absolute Gasteiger partial charge is 0.0533 e. The van der Waals surface area contributed by atoms with Crippen LogP contribution in [0.2, 0.25) is 0 Å². The van der Waals surface area contributed by atoms with Crippen LogP contribution in [-0.2, 0) is 0 Å². The Hall–Kier alpha value is 0. The second-order valence-corrected chi connectivity index (χ2v) is 21.3. The summed E-state index contributed by atoms with van der Waals surface area (Å²) in [4.78, 5) is 0. The SMILES string of the molecule is C1CCC(C2CCC3CCC4C[C@@H]5C3[C@H]2CCC[C@@H]5CCC4CC2CC[C@@H]3CCC4[C@H](C5CCCCC5)CC[C@@H]5CC[C@H]2C3[C@H]45)CC1. The average molecular weight is 641 g/mol. The molecule has 0 aliphatic heterocycles. The molecule has 0 N–H and O–H groups in total. The molecule has 10 rings (SSSR count). The van der Waals surface area contributed by atoms with Crippen LogP contribution >= 0.6 is 0 Å². The van der Waals surface area contributed by atoms with E-state index >= 15 is 0 Å². The fraction of sp³-hybridized carbons (Fsp3) is 1.00. The van der Waals surface area contributed by atoms with Gasteiger partial charge in [0.15, 0.2) is 0 Å². The first-order valence-electron chi connectivity index (χ1n) is 23.3. The predicted octanol–water partition coefficient (Wildman–Crippen LogP) is 13.5. The third-order valence-electron chi connectivity index (χ3n) is 20.0. The van der Waals surface area contributed by atoms with Gasteiger partial charge < -0.3 is 0 Å². The van der Waals surface area contributed by atoms with E-state index in [0.717, 1.165) is 94.7 Å². The zero-order valence-corrected chi connectivity index (χ0v) is 30.9. The maximum absolute atomic E-state index is 1.70. The molecule has 47 heavy (non-hydrogen) atoms. The van der Waals surface area contributed by atoms with Crippen LogP contribution in [0, 0.1) is 107 Å². The van der Waals surface area contributed by atoms with Crippen LogP contribution in [0.4, 0.5) is 0 Å². The summed E-state index contributed by atoms with van der Waals surface area (Å²) in [6, 6.07) is 0. The maximum Gasteiger partial charge on any atom is -0.0321 e. The van der Waals surface area contributed by atoms with Crippen LogP contribution in [-0.4, -0.2) is 0 Å². The van der Waals surface area contributed by atoms with Gasteiger partial charge in [-0.2, -0.15) is 0 Å². The Kier molecular flexibility index (Phi) is 9.12. The van der Waals surface area contributed by atoms with Crippen molar-refractivity contribution in [3.8, 4) is 0 Å². The summed E-state index contributed by atoms with van der Waals surface area (Å²) >= 11 is 0. The van der Waals surface area contributed by atoms with Gasteiger partial charge in [-0.05, 0) is 216 Å². The predicted molar refractivity (Wildman–Crippen MR) is 197 cm³/mol. The molecule has 0 heterocycles. The van der Waals surface area contributed by atoms with E-state index in [2.05, 4.69) is 0 Å². The van der Waals surface area contributed by atoms with Crippen molar-refractivity contribution < 1.29 is 0 Å². The molecule has 0 spiro atoms. The minimum absolute atomic E-state index is 1.11. The summed E-state index contributed by atoms with van der Waals surface area (Å²) in [6.07, 6.45) is 47.0. The Balaban J connectivity index is 0.866. The van der Waals surface area contributed by atoms with Gasteiger partial charge in [-0.1, -0.05) is 77.0 Å². The first-order valence-corrected chi connectivity index (χ1v) is 23.3. The zero-order valence-electron chi connectivity index (χ0n) is 30.9. The molecule has 10 aliphatic carbocycles. The first-order chi connectivity index (χ1) is 23.3. The van der Waals surface area contributed by atoms with E-state index in [1.54, 1.807) is 186 Å². The molecule has 264 valence electrons. The Morgan fingerprint density at radius 1 is 0.234 bits per heavy atom. The standard InChI is InChI=1S/C47H76/c1-3-8-30(9-4-1)39-24-20-33-15-18-37-29-44-32(12-7-13-42(39)45(33)44)14-17-36(37)28-38-19-16-34-23-27-43-40(31-10-5-2-6-11-31)25-21-35-22-26-41(38)46(34)47(35)43/h30-47H,1-29H2/t32-,33?,34-,35-,36?,37?,38?,39?,40+,41-,42+,43?,44+,45?,46?,47+/m1/s1. The number of rotatable bonds is 4. The minimum Gasteiger partial charge on any atom is -0.0533 e. The zero-order chi connectivity index (χ0) is 30.9. The molecule has 0 aromatic rings. The van der Waals surface area contributed by atoms with Gasteiger partial charge in [-0.25, -0.2) is 0 Å². The van der Waals surface area contributed by atoms with Crippen LogP contribution < -0.4 is 0 Å². The molecular weight excluding hydrogens is 565 g/mol. The Bertz CT molecular complexity index is 1050. The van der Waals surface area contributed by atoms with E-state index in [1.165, 1.54) is 11.8 Å². The number of fused-ring (bicyclic) bond motifs is 1. The second kappa shape index (κ2) is 13.5. The molecule has 8 unspecified atom stereocenters. The molecule has 0 radical (unpaired) electrons. The van der Waals surface area contributed by atoms with E-state index in [0.29, 0.717) is 0 Å². The van der Waals surface area contributed by atoms with E-state index in [-0.39, 0.29) is 0 Å². The van der Waals surface area contributed by atoms with Crippen molar-refractivity contribution in [2.24, 2.45) is 107 Å². The van der Waals surface area contributed by atoms with Crippen molar-refractivity contribution in [1.82, 2.24) is 0 Å². The van der Waals surface area contributed by atoms with Crippen molar-refractivity contribution in [3.63, 3.8) is 0 Å². The van der Waals surface area contributed by atoms with Gasteiger partial charge in [-0.3, -0.25) is 0 Å². The summed E-state index contributed by atoms with van der Waals surface area (Å²) in [7, 11) is 0. The van der Waals surface area contributed by atoms with Gasteiger partial charge >= 0.3 is 0 Å². The van der Waals surface area contributed by atoms with E-state index < -0.39 is 0 Å². The summed E-state index contributed by atoms with van der Waals surface area (Å²) < 4.78 is 0. The summed E-state index contributed by atoms with van der Waals surface area (Å²) in [5, 5.41) is 0. The molecule has 10 aliphatic rings. The minimum atomic E-state index is 1.11. The fourth-order valence-corrected chi connectivity index (χ4v) is 18.5. The lowest BCUT2D eigenvalue weighted by Gasteiger charge is -2.62. The van der Waals surface area contributed by atoms with Gasteiger partial charge in [-0.15, -0.1) is 0 Å². The van der Waals surface area contributed by atoms with Crippen LogP contribution in [0.15, 0.2) is 0 Å². The molecule has 0 saturated heterocycles. The smallest absolute Gasteiger partial charge is 0.0321 e. The lowest BCUT2D eigenvalue weighted by molar-refractivity contribution is -0.127. The number of hydrogen-bond donors (Lipinski definition) is 0. The van der Waals surface area contributed by atoms with Gasteiger partial charge in [0.2, 0.25) is 0 Å². The third-order valence-corrected chi connectivity index (χ3v) is 20.0. The van der Waals surface area contributed by atoms with Gasteiger partial charge in [0.25, 0.3) is 0 Å². The van der Waals surface area contributed by atoms with Crippen molar-refractivity contribution in [2.45, 2.75) is 186 Å². The normalized spacial score (nSPS) is 53.6. The lowest BCUT2D eigenvalue weighted by Crippen LogP contribution is -2.54. The highest BCUT2D eigenvalue weighted by Crippen LogP contribution is 2.65. The molecule has 0 nitrogen and oxygen atoms in total. The molecule has 10 saturated carbocycles. The van der Waals surface area contributed by atoms with E-state index in [4.69, 9.17) is 0 Å². The monoisotopic (exact) mass is 641 g/mol. The molecule has 0 aromatic carbocycles. The lowest BCUT2D eigenvalue weighted by atomic mass is 9.43. The van der Waals surface area contributed by atoms with Gasteiger partial charge in [0.05, 0.1) is 0 Å². The summed E-state index contributed by atoms with van der Waals surface area (Å²) in [5.74, 6) is 20.5. The summed E-state index contributed by atoms with van der Waals surface area (Å²) in [6.45, 7) is 0. The highest BCUT2D eigenvalue weighted by molar-refractivity contribution is 5.06. The van der Waals surface area contributed by atoms with Crippen molar-refractivity contribution in [3.05, 3.63) is 0 Å². The highest BCUT2D eigenvalue weighted by atomic mass is 14.6. The second-order valence-electron chi connectivity index (χ2n) is 21.3. The Morgan fingerprint density at radius 2 is 0.681 bits per heavy atom. The molecule has 0 amide bonds. The van der Waals surface area contributed by atoms with Gasteiger partial charge in [0.1, 0.15) is 0 Å². The molecule has 16 atom stereocenters. The van der Waals surface area contributed by atoms with Crippen LogP contribution in [0.1, 0.15) is 186 Å². The Labute approximate surface area is 291 Å². The molecule has 10 fully saturated rings. The molecular formula is C47H76. The van der Waals surface area contributed by atoms with Crippen LogP contribution in [0.5, 0.6) is 0 Å². The van der Waals surface area contributed by atoms with E-state index in [1.807, 2.05) is 0 Å².